The summed E-state index contributed by atoms with van der Waals surface area (Å²) in [6.45, 7) is 7.53. The molecule has 4 aromatic rings. The molecule has 0 aliphatic heterocycles. The number of fused-ring (bicyclic) bond motifs is 1. The molecule has 0 atom stereocenters. The Morgan fingerprint density at radius 1 is 1.00 bits per heavy atom. The molecule has 1 N–H and O–H groups in total. The number of rotatable bonds is 5. The van der Waals surface area contributed by atoms with Gasteiger partial charge < -0.3 is 0 Å². The molecule has 0 aliphatic rings. The number of hydrogen-bond acceptors (Lipinski definition) is 5. The fourth-order valence-corrected chi connectivity index (χ4v) is 3.59. The lowest BCUT2D eigenvalue weighted by molar-refractivity contribution is 0.0949. The lowest BCUT2D eigenvalue weighted by Gasteiger charge is -2.12. The van der Waals surface area contributed by atoms with Crippen LogP contribution in [0.15, 0.2) is 64.5 Å². The van der Waals surface area contributed by atoms with Gasteiger partial charge in [-0.3, -0.25) is 9.59 Å². The predicted octanol–water partition coefficient (Wildman–Crippen LogP) is 3.54. The maximum Gasteiger partial charge on any atom is 0.292 e. The molecule has 0 unspecified atom stereocenters. The van der Waals surface area contributed by atoms with Gasteiger partial charge in [0.15, 0.2) is 5.69 Å². The minimum atomic E-state index is -0.488. The fraction of sp³-hybridized carbons (Fsp3) is 0.208. The molecule has 0 bridgehead atoms. The van der Waals surface area contributed by atoms with Crippen LogP contribution in [0.5, 0.6) is 0 Å². The Kier molecular flexibility index (Phi) is 5.68. The zero-order chi connectivity index (χ0) is 22.8. The van der Waals surface area contributed by atoms with E-state index in [-0.39, 0.29) is 17.3 Å². The Morgan fingerprint density at radius 3 is 2.34 bits per heavy atom. The van der Waals surface area contributed by atoms with Gasteiger partial charge in [-0.05, 0) is 45.9 Å². The van der Waals surface area contributed by atoms with Crippen molar-refractivity contribution < 1.29 is 4.79 Å². The summed E-state index contributed by atoms with van der Waals surface area (Å²) < 4.78 is 3.16. The van der Waals surface area contributed by atoms with E-state index in [2.05, 4.69) is 20.7 Å². The molecule has 162 valence electrons. The molecule has 8 heteroatoms. The number of carbonyl (C=O) groups is 1. The van der Waals surface area contributed by atoms with Gasteiger partial charge in [-0.25, -0.2) is 14.8 Å². The van der Waals surface area contributed by atoms with Gasteiger partial charge >= 0.3 is 0 Å². The van der Waals surface area contributed by atoms with Crippen molar-refractivity contribution >= 4 is 22.9 Å². The quantitative estimate of drug-likeness (QED) is 0.389. The first-order chi connectivity index (χ1) is 15.4. The number of benzene rings is 2. The zero-order valence-corrected chi connectivity index (χ0v) is 18.4. The Hall–Kier alpha value is -4.07. The topological polar surface area (TPSA) is 94.2 Å². The number of aromatic nitrogens is 4. The summed E-state index contributed by atoms with van der Waals surface area (Å²) in [7, 11) is 0. The maximum atomic E-state index is 12.9. The van der Waals surface area contributed by atoms with Crippen LogP contribution in [0.3, 0.4) is 0 Å². The van der Waals surface area contributed by atoms with E-state index in [1.807, 2.05) is 62.7 Å². The molecular formula is C24H24N6O2. The predicted molar refractivity (Wildman–Crippen MR) is 124 cm³/mol. The van der Waals surface area contributed by atoms with Gasteiger partial charge in [-0.1, -0.05) is 36.4 Å². The van der Waals surface area contributed by atoms with Crippen LogP contribution in [0.1, 0.15) is 47.3 Å². The summed E-state index contributed by atoms with van der Waals surface area (Å²) in [5.41, 5.74) is 5.94. The van der Waals surface area contributed by atoms with Gasteiger partial charge in [0.25, 0.3) is 11.5 Å². The number of hydrazone groups is 1. The fourth-order valence-electron chi connectivity index (χ4n) is 3.59. The van der Waals surface area contributed by atoms with Crippen molar-refractivity contribution in [3.8, 4) is 5.69 Å². The highest BCUT2D eigenvalue weighted by Gasteiger charge is 2.18. The third-order valence-corrected chi connectivity index (χ3v) is 5.24. The van der Waals surface area contributed by atoms with Gasteiger partial charge in [-0.15, -0.1) is 0 Å². The smallest absolute Gasteiger partial charge is 0.267 e. The summed E-state index contributed by atoms with van der Waals surface area (Å²) in [4.78, 5) is 25.6. The van der Waals surface area contributed by atoms with Crippen molar-refractivity contribution in [3.05, 3.63) is 87.6 Å². The molecule has 2 aromatic carbocycles. The van der Waals surface area contributed by atoms with E-state index in [1.165, 1.54) is 4.68 Å². The number of para-hydroxylation sites is 1. The Morgan fingerprint density at radius 2 is 1.66 bits per heavy atom. The minimum absolute atomic E-state index is 0.152. The number of amides is 1. The second kappa shape index (κ2) is 8.58. The summed E-state index contributed by atoms with van der Waals surface area (Å²) in [5.74, 6) is -0.488. The first-order valence-corrected chi connectivity index (χ1v) is 10.3. The van der Waals surface area contributed by atoms with Crippen molar-refractivity contribution in [1.82, 2.24) is 25.0 Å². The maximum absolute atomic E-state index is 12.9. The van der Waals surface area contributed by atoms with E-state index in [4.69, 9.17) is 0 Å². The van der Waals surface area contributed by atoms with Crippen LogP contribution in [0.25, 0.3) is 16.5 Å². The van der Waals surface area contributed by atoms with E-state index in [1.54, 1.807) is 30.5 Å². The molecule has 32 heavy (non-hydrogen) atoms. The largest absolute Gasteiger partial charge is 0.292 e. The van der Waals surface area contributed by atoms with Crippen LogP contribution >= 0.6 is 0 Å². The van der Waals surface area contributed by atoms with Crippen molar-refractivity contribution in [1.29, 1.82) is 0 Å². The van der Waals surface area contributed by atoms with Gasteiger partial charge in [-0.2, -0.15) is 15.3 Å². The van der Waals surface area contributed by atoms with Crippen LogP contribution in [0, 0.1) is 13.8 Å². The Labute approximate surface area is 185 Å². The second-order valence-electron chi connectivity index (χ2n) is 7.77. The molecule has 0 aliphatic carbocycles. The van der Waals surface area contributed by atoms with Gasteiger partial charge in [0.2, 0.25) is 0 Å². The van der Waals surface area contributed by atoms with Crippen molar-refractivity contribution in [2.24, 2.45) is 5.10 Å². The van der Waals surface area contributed by atoms with Crippen molar-refractivity contribution in [2.45, 2.75) is 33.7 Å². The van der Waals surface area contributed by atoms with E-state index in [0.717, 1.165) is 22.6 Å². The summed E-state index contributed by atoms with van der Waals surface area (Å²) in [5, 5.41) is 14.0. The summed E-state index contributed by atoms with van der Waals surface area (Å²) in [6.07, 6.45) is 1.58. The number of carbonyl (C=O) groups excluding carboxylic acids is 1. The molecule has 0 fully saturated rings. The third kappa shape index (κ3) is 3.82. The third-order valence-electron chi connectivity index (χ3n) is 5.24. The molecule has 4 rings (SSSR count). The molecule has 2 aromatic heterocycles. The van der Waals surface area contributed by atoms with Crippen LogP contribution in [-0.4, -0.2) is 31.7 Å². The van der Waals surface area contributed by atoms with Crippen molar-refractivity contribution in [2.75, 3.05) is 0 Å². The molecule has 0 radical (unpaired) electrons. The van der Waals surface area contributed by atoms with Crippen LogP contribution in [-0.2, 0) is 0 Å². The van der Waals surface area contributed by atoms with E-state index in [0.29, 0.717) is 10.8 Å². The molecule has 0 saturated carbocycles. The lowest BCUT2D eigenvalue weighted by Crippen LogP contribution is -2.30. The van der Waals surface area contributed by atoms with E-state index >= 15 is 0 Å². The average molecular weight is 428 g/mol. The average Bonchev–Trinajstić information content (AvgIpc) is 3.08. The van der Waals surface area contributed by atoms with Gasteiger partial charge in [0.05, 0.1) is 34.7 Å². The lowest BCUT2D eigenvalue weighted by atomic mass is 10.1. The monoisotopic (exact) mass is 428 g/mol. The number of aryl methyl sites for hydroxylation is 1. The van der Waals surface area contributed by atoms with Gasteiger partial charge in [0, 0.05) is 10.9 Å². The number of nitrogens with zero attached hydrogens (tertiary/aromatic N) is 5. The Balaban J connectivity index is 1.64. The molecule has 0 spiro atoms. The highest BCUT2D eigenvalue weighted by Crippen LogP contribution is 2.17. The molecule has 2 heterocycles. The van der Waals surface area contributed by atoms with E-state index in [9.17, 15) is 9.59 Å². The highest BCUT2D eigenvalue weighted by atomic mass is 16.2. The minimum Gasteiger partial charge on any atom is -0.267 e. The molecule has 1 amide bonds. The molecule has 0 saturated heterocycles. The highest BCUT2D eigenvalue weighted by molar-refractivity contribution is 6.05. The number of nitrogens with one attached hydrogen (secondary N) is 1. The number of hydrogen-bond donors (Lipinski definition) is 1. The van der Waals surface area contributed by atoms with Crippen molar-refractivity contribution in [3.63, 3.8) is 0 Å². The van der Waals surface area contributed by atoms with E-state index < -0.39 is 5.91 Å². The first kappa shape index (κ1) is 21.2. The second-order valence-corrected chi connectivity index (χ2v) is 7.77. The standard InChI is InChI=1S/C24H24N6O2/c1-15(2)29-24(32)20-13-9-8-12-19(20)22(28-29)23(31)26-25-14-21-16(3)27-30(17(21)4)18-10-6-5-7-11-18/h5-15H,1-4H3,(H,26,31)/b25-14+. The molecular weight excluding hydrogens is 404 g/mol. The first-order valence-electron chi connectivity index (χ1n) is 10.3. The Bertz CT molecular complexity index is 1380. The SMILES string of the molecule is Cc1nn(-c2ccccc2)c(C)c1/C=N/NC(=O)c1nn(C(C)C)c(=O)c2ccccc12. The molecule has 8 nitrogen and oxygen atoms in total. The van der Waals surface area contributed by atoms with Gasteiger partial charge in [0.1, 0.15) is 0 Å². The van der Waals surface area contributed by atoms with Crippen LogP contribution < -0.4 is 11.0 Å². The normalized spacial score (nSPS) is 11.5. The zero-order valence-electron chi connectivity index (χ0n) is 18.4. The summed E-state index contributed by atoms with van der Waals surface area (Å²) >= 11 is 0. The summed E-state index contributed by atoms with van der Waals surface area (Å²) in [6, 6.07) is 16.6. The van der Waals surface area contributed by atoms with Crippen LogP contribution in [0.4, 0.5) is 0 Å². The van der Waals surface area contributed by atoms with Crippen LogP contribution in [0.2, 0.25) is 0 Å².